The van der Waals surface area contributed by atoms with Crippen molar-refractivity contribution in [1.29, 1.82) is 0 Å². The zero-order chi connectivity index (χ0) is 9.47. The van der Waals surface area contributed by atoms with Crippen molar-refractivity contribution in [3.05, 3.63) is 21.9 Å². The Kier molecular flexibility index (Phi) is 1.91. The van der Waals surface area contributed by atoms with Crippen LogP contribution in [0.5, 0.6) is 0 Å². The molecule has 0 fully saturated rings. The molecule has 0 aliphatic heterocycles. The van der Waals surface area contributed by atoms with Crippen LogP contribution in [0.25, 0.3) is 0 Å². The topological polar surface area (TPSA) is 37.3 Å². The number of hydrogen-bond donors (Lipinski definition) is 1. The van der Waals surface area contributed by atoms with Gasteiger partial charge >= 0.3 is 5.97 Å². The van der Waals surface area contributed by atoms with Crippen molar-refractivity contribution < 1.29 is 9.90 Å². The number of carboxylic acid groups (broad SMARTS) is 1. The van der Waals surface area contributed by atoms with Gasteiger partial charge in [0.25, 0.3) is 0 Å². The molecule has 1 aromatic heterocycles. The molecular weight excluding hydrogens is 184 g/mol. The molecule has 1 heterocycles. The van der Waals surface area contributed by atoms with Gasteiger partial charge in [0.2, 0.25) is 0 Å². The number of hydrogen-bond acceptors (Lipinski definition) is 2. The number of aryl methyl sites for hydroxylation is 1. The first-order chi connectivity index (χ1) is 6.14. The molecule has 0 saturated carbocycles. The van der Waals surface area contributed by atoms with Crippen LogP contribution in [-0.2, 0) is 16.6 Å². The standard InChI is InChI=1S/C10H12O2S/c1-10(9(11)12)5-2-3-8-7(10)4-6-13-8/h4,6H,2-3,5H2,1H3,(H,11,12). The Labute approximate surface area is 81.2 Å². The van der Waals surface area contributed by atoms with Gasteiger partial charge in [0.1, 0.15) is 0 Å². The number of carbonyl (C=O) groups is 1. The van der Waals surface area contributed by atoms with Crippen LogP contribution < -0.4 is 0 Å². The molecule has 1 aliphatic rings. The van der Waals surface area contributed by atoms with E-state index in [1.165, 1.54) is 4.88 Å². The van der Waals surface area contributed by atoms with E-state index in [4.69, 9.17) is 5.11 Å². The first-order valence-corrected chi connectivity index (χ1v) is 5.33. The summed E-state index contributed by atoms with van der Waals surface area (Å²) in [6.07, 6.45) is 2.82. The zero-order valence-corrected chi connectivity index (χ0v) is 8.36. The van der Waals surface area contributed by atoms with Gasteiger partial charge in [0.05, 0.1) is 5.41 Å². The third-order valence-corrected chi connectivity index (χ3v) is 3.87. The highest BCUT2D eigenvalue weighted by atomic mass is 32.1. The summed E-state index contributed by atoms with van der Waals surface area (Å²) in [5.74, 6) is -0.688. The molecule has 1 aliphatic carbocycles. The van der Waals surface area contributed by atoms with Crippen molar-refractivity contribution in [3.8, 4) is 0 Å². The second-order valence-corrected chi connectivity index (χ2v) is 4.75. The smallest absolute Gasteiger partial charge is 0.313 e. The van der Waals surface area contributed by atoms with Gasteiger partial charge < -0.3 is 5.11 Å². The van der Waals surface area contributed by atoms with E-state index in [9.17, 15) is 4.79 Å². The molecule has 3 heteroatoms. The fraction of sp³-hybridized carbons (Fsp3) is 0.500. The molecule has 13 heavy (non-hydrogen) atoms. The predicted octanol–water partition coefficient (Wildman–Crippen LogP) is 2.43. The maximum Gasteiger partial charge on any atom is 0.313 e. The number of rotatable bonds is 1. The van der Waals surface area contributed by atoms with Crippen LogP contribution >= 0.6 is 11.3 Å². The third-order valence-electron chi connectivity index (χ3n) is 2.89. The highest BCUT2D eigenvalue weighted by molar-refractivity contribution is 7.10. The predicted molar refractivity (Wildman–Crippen MR) is 52.2 cm³/mol. The molecule has 1 unspecified atom stereocenters. The summed E-state index contributed by atoms with van der Waals surface area (Å²) in [6, 6.07) is 1.97. The van der Waals surface area contributed by atoms with Crippen LogP contribution in [0.2, 0.25) is 0 Å². The minimum Gasteiger partial charge on any atom is -0.481 e. The Morgan fingerprint density at radius 2 is 2.46 bits per heavy atom. The Balaban J connectivity index is 2.51. The summed E-state index contributed by atoms with van der Waals surface area (Å²) >= 11 is 1.68. The average Bonchev–Trinajstić information content (AvgIpc) is 2.53. The fourth-order valence-electron chi connectivity index (χ4n) is 1.99. The molecule has 1 aromatic rings. The number of carboxylic acids is 1. The molecule has 0 amide bonds. The van der Waals surface area contributed by atoms with E-state index in [1.807, 2.05) is 18.4 Å². The van der Waals surface area contributed by atoms with Gasteiger partial charge in [0.15, 0.2) is 0 Å². The summed E-state index contributed by atoms with van der Waals surface area (Å²) in [6.45, 7) is 1.83. The fourth-order valence-corrected chi connectivity index (χ4v) is 3.04. The van der Waals surface area contributed by atoms with Gasteiger partial charge in [0, 0.05) is 4.88 Å². The minimum absolute atomic E-state index is 0.631. The van der Waals surface area contributed by atoms with Gasteiger partial charge in [-0.2, -0.15) is 0 Å². The molecule has 2 nitrogen and oxygen atoms in total. The molecule has 70 valence electrons. The second-order valence-electron chi connectivity index (χ2n) is 3.75. The monoisotopic (exact) mass is 196 g/mol. The van der Waals surface area contributed by atoms with Crippen LogP contribution in [0.4, 0.5) is 0 Å². The van der Waals surface area contributed by atoms with Crippen LogP contribution in [0.3, 0.4) is 0 Å². The molecule has 0 aromatic carbocycles. The van der Waals surface area contributed by atoms with Gasteiger partial charge in [-0.15, -0.1) is 11.3 Å². The average molecular weight is 196 g/mol. The molecular formula is C10H12O2S. The lowest BCUT2D eigenvalue weighted by Gasteiger charge is -2.29. The van der Waals surface area contributed by atoms with E-state index in [1.54, 1.807) is 11.3 Å². The zero-order valence-electron chi connectivity index (χ0n) is 7.54. The quantitative estimate of drug-likeness (QED) is 0.749. The van der Waals surface area contributed by atoms with Crippen LogP contribution in [-0.4, -0.2) is 11.1 Å². The molecule has 0 spiro atoms. The molecule has 0 saturated heterocycles. The van der Waals surface area contributed by atoms with Crippen molar-refractivity contribution in [2.24, 2.45) is 0 Å². The Hall–Kier alpha value is -0.830. The van der Waals surface area contributed by atoms with Crippen molar-refractivity contribution in [3.63, 3.8) is 0 Å². The van der Waals surface area contributed by atoms with E-state index in [0.29, 0.717) is 0 Å². The highest BCUT2D eigenvalue weighted by Gasteiger charge is 2.39. The van der Waals surface area contributed by atoms with Crippen molar-refractivity contribution in [2.75, 3.05) is 0 Å². The number of thiophene rings is 1. The Morgan fingerprint density at radius 1 is 1.69 bits per heavy atom. The molecule has 0 bridgehead atoms. The highest BCUT2D eigenvalue weighted by Crippen LogP contribution is 2.39. The van der Waals surface area contributed by atoms with Crippen molar-refractivity contribution in [2.45, 2.75) is 31.6 Å². The summed E-state index contributed by atoms with van der Waals surface area (Å²) in [4.78, 5) is 12.4. The number of fused-ring (bicyclic) bond motifs is 1. The number of aliphatic carboxylic acids is 1. The van der Waals surface area contributed by atoms with E-state index < -0.39 is 11.4 Å². The van der Waals surface area contributed by atoms with Crippen LogP contribution in [0.15, 0.2) is 11.4 Å². The largest absolute Gasteiger partial charge is 0.481 e. The first kappa shape index (κ1) is 8.75. The summed E-state index contributed by atoms with van der Waals surface area (Å²) in [7, 11) is 0. The van der Waals surface area contributed by atoms with E-state index in [-0.39, 0.29) is 0 Å². The van der Waals surface area contributed by atoms with E-state index in [2.05, 4.69) is 0 Å². The molecule has 1 N–H and O–H groups in total. The van der Waals surface area contributed by atoms with Gasteiger partial charge in [-0.05, 0) is 43.2 Å². The normalized spacial score (nSPS) is 26.8. The van der Waals surface area contributed by atoms with Crippen molar-refractivity contribution in [1.82, 2.24) is 0 Å². The Morgan fingerprint density at radius 3 is 3.15 bits per heavy atom. The van der Waals surface area contributed by atoms with Crippen LogP contribution in [0.1, 0.15) is 30.2 Å². The van der Waals surface area contributed by atoms with E-state index >= 15 is 0 Å². The minimum atomic E-state index is -0.688. The lowest BCUT2D eigenvalue weighted by Crippen LogP contribution is -2.35. The summed E-state index contributed by atoms with van der Waals surface area (Å²) in [5, 5.41) is 11.2. The maximum atomic E-state index is 11.1. The van der Waals surface area contributed by atoms with Gasteiger partial charge in [-0.3, -0.25) is 4.79 Å². The molecule has 0 radical (unpaired) electrons. The second kappa shape index (κ2) is 2.84. The van der Waals surface area contributed by atoms with Gasteiger partial charge in [-0.25, -0.2) is 0 Å². The van der Waals surface area contributed by atoms with Crippen molar-refractivity contribution >= 4 is 17.3 Å². The first-order valence-electron chi connectivity index (χ1n) is 4.45. The Bertz CT molecular complexity index is 342. The summed E-state index contributed by atoms with van der Waals surface area (Å²) < 4.78 is 0. The van der Waals surface area contributed by atoms with Gasteiger partial charge in [-0.1, -0.05) is 0 Å². The lowest BCUT2D eigenvalue weighted by molar-refractivity contribution is -0.143. The summed E-state index contributed by atoms with van der Waals surface area (Å²) in [5.41, 5.74) is 0.407. The SMILES string of the molecule is CC1(C(=O)O)CCCc2sccc21. The van der Waals surface area contributed by atoms with E-state index in [0.717, 1.165) is 24.8 Å². The molecule has 2 rings (SSSR count). The van der Waals surface area contributed by atoms with Crippen LogP contribution in [0, 0.1) is 0 Å². The third kappa shape index (κ3) is 1.18. The lowest BCUT2D eigenvalue weighted by atomic mass is 9.74. The molecule has 1 atom stereocenters. The maximum absolute atomic E-state index is 11.1.